The molecule has 1 heterocycles. The minimum absolute atomic E-state index is 0.327. The lowest BCUT2D eigenvalue weighted by Gasteiger charge is -1.99. The maximum atomic E-state index is 11.0. The molecule has 1 aromatic carbocycles. The summed E-state index contributed by atoms with van der Waals surface area (Å²) in [5.74, 6) is 0. The van der Waals surface area contributed by atoms with Gasteiger partial charge in [-0.2, -0.15) is 4.98 Å². The van der Waals surface area contributed by atoms with Crippen LogP contribution < -0.4 is 5.69 Å². The van der Waals surface area contributed by atoms with Gasteiger partial charge in [0.25, 0.3) is 0 Å². The second kappa shape index (κ2) is 8.70. The van der Waals surface area contributed by atoms with Gasteiger partial charge < -0.3 is 4.98 Å². The highest BCUT2D eigenvalue weighted by atomic mass is 35.5. The molecule has 4 heteroatoms. The van der Waals surface area contributed by atoms with Crippen LogP contribution in [0.1, 0.15) is 39.8 Å². The van der Waals surface area contributed by atoms with E-state index in [0.717, 1.165) is 11.1 Å². The molecule has 0 fully saturated rings. The zero-order chi connectivity index (χ0) is 14.1. The molecule has 0 bridgehead atoms. The molecule has 0 spiro atoms. The Bertz CT molecular complexity index is 535. The van der Waals surface area contributed by atoms with Crippen molar-refractivity contribution in [1.82, 2.24) is 9.97 Å². The Labute approximate surface area is 113 Å². The molecule has 0 aliphatic heterocycles. The maximum absolute atomic E-state index is 11.0. The standard InChI is InChI=1S/C9H7ClN2O.C3H8.C2H6/c1-5-7-4-6(10)2-3-8(7)12-9(13)11-5;1-3-2;1-2/h2-4H,1H3,(H,11,12,13);3H2,1-2H3;1-2H3. The predicted molar refractivity (Wildman–Crippen MR) is 79.4 cm³/mol. The van der Waals surface area contributed by atoms with E-state index in [1.54, 1.807) is 18.2 Å². The Morgan fingerprint density at radius 1 is 1.28 bits per heavy atom. The third kappa shape index (κ3) is 4.88. The van der Waals surface area contributed by atoms with Crippen LogP contribution in [-0.4, -0.2) is 9.97 Å². The predicted octanol–water partition coefficient (Wildman–Crippen LogP) is 4.33. The smallest absolute Gasteiger partial charge is 0.309 e. The number of hydrogen-bond donors (Lipinski definition) is 1. The molecule has 0 atom stereocenters. The number of nitrogens with zero attached hydrogens (tertiary/aromatic N) is 1. The monoisotopic (exact) mass is 268 g/mol. The minimum Gasteiger partial charge on any atom is -0.309 e. The molecule has 1 N–H and O–H groups in total. The normalized spacial score (nSPS) is 9.00. The van der Waals surface area contributed by atoms with Gasteiger partial charge in [0.2, 0.25) is 0 Å². The second-order valence-electron chi connectivity index (χ2n) is 3.54. The first-order chi connectivity index (χ1) is 8.58. The summed E-state index contributed by atoms with van der Waals surface area (Å²) in [7, 11) is 0. The zero-order valence-corrected chi connectivity index (χ0v) is 12.4. The number of benzene rings is 1. The summed E-state index contributed by atoms with van der Waals surface area (Å²) in [6.07, 6.45) is 1.25. The first-order valence-electron chi connectivity index (χ1n) is 6.24. The molecule has 0 saturated heterocycles. The molecule has 1 aromatic heterocycles. The van der Waals surface area contributed by atoms with E-state index in [1.807, 2.05) is 20.8 Å². The van der Waals surface area contributed by atoms with Crippen LogP contribution >= 0.6 is 11.6 Å². The molecule has 18 heavy (non-hydrogen) atoms. The van der Waals surface area contributed by atoms with Crippen LogP contribution in [0.15, 0.2) is 23.0 Å². The number of hydrogen-bond acceptors (Lipinski definition) is 2. The van der Waals surface area contributed by atoms with Gasteiger partial charge in [-0.05, 0) is 25.1 Å². The average Bonchev–Trinajstić information content (AvgIpc) is 2.34. The topological polar surface area (TPSA) is 45.8 Å². The summed E-state index contributed by atoms with van der Waals surface area (Å²) in [5, 5.41) is 1.52. The second-order valence-corrected chi connectivity index (χ2v) is 3.97. The van der Waals surface area contributed by atoms with Crippen LogP contribution in [0.3, 0.4) is 0 Å². The Morgan fingerprint density at radius 2 is 1.83 bits per heavy atom. The van der Waals surface area contributed by atoms with Gasteiger partial charge in [0, 0.05) is 16.1 Å². The fourth-order valence-electron chi connectivity index (χ4n) is 1.27. The number of aromatic amines is 1. The van der Waals surface area contributed by atoms with E-state index in [0.29, 0.717) is 10.5 Å². The minimum atomic E-state index is -0.327. The molecular weight excluding hydrogens is 248 g/mol. The number of rotatable bonds is 0. The summed E-state index contributed by atoms with van der Waals surface area (Å²) in [4.78, 5) is 17.4. The first kappa shape index (κ1) is 16.6. The van der Waals surface area contributed by atoms with Crippen LogP contribution in [-0.2, 0) is 0 Å². The third-order valence-corrected chi connectivity index (χ3v) is 2.11. The summed E-state index contributed by atoms with van der Waals surface area (Å²) in [6.45, 7) is 10.1. The Hall–Kier alpha value is -1.35. The Morgan fingerprint density at radius 3 is 2.39 bits per heavy atom. The number of aromatic nitrogens is 2. The lowest BCUT2D eigenvalue weighted by atomic mass is 10.2. The van der Waals surface area contributed by atoms with Gasteiger partial charge in [0.1, 0.15) is 0 Å². The van der Waals surface area contributed by atoms with Gasteiger partial charge in [-0.15, -0.1) is 0 Å². The van der Waals surface area contributed by atoms with Crippen molar-refractivity contribution in [2.75, 3.05) is 0 Å². The number of fused-ring (bicyclic) bond motifs is 1. The van der Waals surface area contributed by atoms with Crippen LogP contribution in [0.5, 0.6) is 0 Å². The fraction of sp³-hybridized carbons (Fsp3) is 0.429. The largest absolute Gasteiger partial charge is 0.345 e. The maximum Gasteiger partial charge on any atom is 0.345 e. The summed E-state index contributed by atoms with van der Waals surface area (Å²) >= 11 is 5.81. The van der Waals surface area contributed by atoms with E-state index >= 15 is 0 Å². The van der Waals surface area contributed by atoms with Crippen molar-refractivity contribution in [2.45, 2.75) is 41.0 Å². The van der Waals surface area contributed by atoms with Gasteiger partial charge >= 0.3 is 5.69 Å². The van der Waals surface area contributed by atoms with E-state index < -0.39 is 0 Å². The molecule has 0 unspecified atom stereocenters. The quantitative estimate of drug-likeness (QED) is 0.773. The molecular formula is C14H21ClN2O. The van der Waals surface area contributed by atoms with E-state index in [9.17, 15) is 4.79 Å². The van der Waals surface area contributed by atoms with Gasteiger partial charge in [-0.3, -0.25) is 0 Å². The van der Waals surface area contributed by atoms with E-state index in [-0.39, 0.29) is 5.69 Å². The zero-order valence-electron chi connectivity index (χ0n) is 11.7. The van der Waals surface area contributed by atoms with E-state index in [2.05, 4.69) is 23.8 Å². The summed E-state index contributed by atoms with van der Waals surface area (Å²) < 4.78 is 0. The highest BCUT2D eigenvalue weighted by Crippen LogP contribution is 2.17. The van der Waals surface area contributed by atoms with Gasteiger partial charge in [0.15, 0.2) is 0 Å². The lowest BCUT2D eigenvalue weighted by Crippen LogP contribution is -2.11. The Balaban J connectivity index is 0.000000509. The molecule has 0 radical (unpaired) electrons. The van der Waals surface area contributed by atoms with Crippen LogP contribution in [0.2, 0.25) is 5.02 Å². The number of halogens is 1. The van der Waals surface area contributed by atoms with Crippen molar-refractivity contribution in [1.29, 1.82) is 0 Å². The molecule has 2 aromatic rings. The van der Waals surface area contributed by atoms with Crippen molar-refractivity contribution in [2.24, 2.45) is 0 Å². The highest BCUT2D eigenvalue weighted by Gasteiger charge is 2.00. The molecule has 100 valence electrons. The van der Waals surface area contributed by atoms with Crippen molar-refractivity contribution in [3.05, 3.63) is 39.4 Å². The fourth-order valence-corrected chi connectivity index (χ4v) is 1.44. The lowest BCUT2D eigenvalue weighted by molar-refractivity contribution is 1.07. The van der Waals surface area contributed by atoms with Crippen LogP contribution in [0.4, 0.5) is 0 Å². The average molecular weight is 269 g/mol. The van der Waals surface area contributed by atoms with Crippen molar-refractivity contribution in [3.8, 4) is 0 Å². The molecule has 0 aliphatic carbocycles. The molecule has 3 nitrogen and oxygen atoms in total. The number of aryl methyl sites for hydroxylation is 1. The molecule has 2 rings (SSSR count). The van der Waals surface area contributed by atoms with Crippen molar-refractivity contribution >= 4 is 22.5 Å². The molecule has 0 saturated carbocycles. The third-order valence-electron chi connectivity index (χ3n) is 1.88. The Kier molecular flexibility index (Phi) is 8.05. The van der Waals surface area contributed by atoms with Crippen LogP contribution in [0.25, 0.3) is 10.9 Å². The first-order valence-corrected chi connectivity index (χ1v) is 6.62. The number of nitrogens with one attached hydrogen (secondary N) is 1. The van der Waals surface area contributed by atoms with Crippen molar-refractivity contribution < 1.29 is 0 Å². The highest BCUT2D eigenvalue weighted by molar-refractivity contribution is 6.31. The van der Waals surface area contributed by atoms with E-state index in [1.165, 1.54) is 6.42 Å². The van der Waals surface area contributed by atoms with Crippen LogP contribution in [0, 0.1) is 6.92 Å². The van der Waals surface area contributed by atoms with Crippen molar-refractivity contribution in [3.63, 3.8) is 0 Å². The summed E-state index contributed by atoms with van der Waals surface area (Å²) in [6, 6.07) is 5.24. The SMILES string of the molecule is CC.CCC.Cc1[nH]c(=O)nc2ccc(Cl)cc12. The molecule has 0 amide bonds. The summed E-state index contributed by atoms with van der Waals surface area (Å²) in [5.41, 5.74) is 1.13. The van der Waals surface area contributed by atoms with E-state index in [4.69, 9.17) is 11.6 Å². The van der Waals surface area contributed by atoms with Gasteiger partial charge in [-0.25, -0.2) is 4.79 Å². The van der Waals surface area contributed by atoms with Gasteiger partial charge in [-0.1, -0.05) is 45.7 Å². The van der Waals surface area contributed by atoms with Gasteiger partial charge in [0.05, 0.1) is 5.52 Å². The molecule has 0 aliphatic rings. The number of H-pyrrole nitrogens is 1.